The molecule has 1 amide bonds. The smallest absolute Gasteiger partial charge is 0.307 e. The molecule has 2 aromatic rings. The van der Waals surface area contributed by atoms with E-state index < -0.39 is 0 Å². The number of halogens is 3. The van der Waals surface area contributed by atoms with E-state index in [1.54, 1.807) is 30.3 Å². The Labute approximate surface area is 238 Å². The molecule has 192 valence electrons. The molecule has 3 rings (SSSR count). The van der Waals surface area contributed by atoms with Gasteiger partial charge in [0.2, 0.25) is 0 Å². The van der Waals surface area contributed by atoms with Crippen LogP contribution in [0.3, 0.4) is 0 Å². The fourth-order valence-electron chi connectivity index (χ4n) is 3.20. The second-order valence-electron chi connectivity index (χ2n) is 7.59. The Bertz CT molecular complexity index is 1190. The van der Waals surface area contributed by atoms with Crippen LogP contribution < -0.4 is 9.47 Å². The fraction of sp³-hybridized carbons (Fsp3) is 0.320. The third-order valence-electron chi connectivity index (χ3n) is 4.90. The van der Waals surface area contributed by atoms with Gasteiger partial charge in [-0.25, -0.2) is 0 Å². The van der Waals surface area contributed by atoms with Crippen molar-refractivity contribution >= 4 is 85.4 Å². The minimum atomic E-state index is -0.351. The molecule has 0 aromatic heterocycles. The van der Waals surface area contributed by atoms with E-state index >= 15 is 0 Å². The van der Waals surface area contributed by atoms with E-state index in [1.807, 2.05) is 19.9 Å². The normalized spacial score (nSPS) is 14.5. The van der Waals surface area contributed by atoms with Crippen LogP contribution in [0.4, 0.5) is 0 Å². The number of esters is 1. The largest absolute Gasteiger partial charge is 0.490 e. The Morgan fingerprint density at radius 3 is 2.67 bits per heavy atom. The van der Waals surface area contributed by atoms with E-state index in [9.17, 15) is 9.59 Å². The van der Waals surface area contributed by atoms with E-state index in [-0.39, 0.29) is 31.4 Å². The number of carbonyl (C=O) groups is 2. The van der Waals surface area contributed by atoms with Gasteiger partial charge in [-0.05, 0) is 65.2 Å². The maximum absolute atomic E-state index is 12.9. The monoisotopic (exact) mass is 631 g/mol. The van der Waals surface area contributed by atoms with Crippen LogP contribution >= 0.6 is 63.1 Å². The van der Waals surface area contributed by atoms with E-state index in [2.05, 4.69) is 15.9 Å². The number of ether oxygens (including phenoxy) is 3. The Morgan fingerprint density at radius 2 is 1.97 bits per heavy atom. The van der Waals surface area contributed by atoms with Crippen LogP contribution in [0.5, 0.6) is 11.5 Å². The molecule has 1 aliphatic heterocycles. The molecule has 0 atom stereocenters. The van der Waals surface area contributed by atoms with Crippen molar-refractivity contribution in [2.24, 2.45) is 0 Å². The van der Waals surface area contributed by atoms with E-state index in [4.69, 9.17) is 49.6 Å². The average molecular weight is 633 g/mol. The van der Waals surface area contributed by atoms with Crippen LogP contribution in [0.15, 0.2) is 39.7 Å². The zero-order valence-corrected chi connectivity index (χ0v) is 24.4. The summed E-state index contributed by atoms with van der Waals surface area (Å²) in [4.78, 5) is 26.6. The highest BCUT2D eigenvalue weighted by Gasteiger charge is 2.32. The summed E-state index contributed by atoms with van der Waals surface area (Å²) < 4.78 is 18.0. The van der Waals surface area contributed by atoms with Gasteiger partial charge in [0.05, 0.1) is 29.0 Å². The van der Waals surface area contributed by atoms with Crippen LogP contribution in [0, 0.1) is 0 Å². The summed E-state index contributed by atoms with van der Waals surface area (Å²) in [5, 5.41) is 1.06. The maximum atomic E-state index is 12.9. The Kier molecular flexibility index (Phi) is 10.9. The summed E-state index contributed by atoms with van der Waals surface area (Å²) in [5.41, 5.74) is 1.51. The van der Waals surface area contributed by atoms with Crippen LogP contribution in [-0.4, -0.2) is 40.9 Å². The minimum Gasteiger partial charge on any atom is -0.490 e. The molecule has 0 N–H and O–H groups in total. The number of thioether (sulfide) groups is 1. The molecule has 1 fully saturated rings. The van der Waals surface area contributed by atoms with Gasteiger partial charge in [-0.15, -0.1) is 0 Å². The van der Waals surface area contributed by atoms with Crippen molar-refractivity contribution in [3.05, 3.63) is 60.9 Å². The van der Waals surface area contributed by atoms with E-state index in [0.717, 1.165) is 17.5 Å². The molecule has 0 spiro atoms. The van der Waals surface area contributed by atoms with Gasteiger partial charge in [-0.1, -0.05) is 60.2 Å². The lowest BCUT2D eigenvalue weighted by Crippen LogP contribution is -2.30. The standard InChI is InChI=1S/C25H24BrCl2NO5S2/c1-3-9-33-22(30)7-8-29-24(31)21(36-25(29)35)12-15-10-18(26)23(20(11-15)32-4-2)34-14-16-5-6-17(27)13-19(16)28/h5-6,10-13H,3-4,7-9,14H2,1-2H3/b21-12-. The van der Waals surface area contributed by atoms with Crippen molar-refractivity contribution in [3.8, 4) is 11.5 Å². The zero-order valence-electron chi connectivity index (χ0n) is 19.6. The third kappa shape index (κ3) is 7.61. The molecule has 11 heteroatoms. The van der Waals surface area contributed by atoms with Gasteiger partial charge in [-0.3, -0.25) is 14.5 Å². The molecule has 1 aliphatic rings. The van der Waals surface area contributed by atoms with Gasteiger partial charge in [0.1, 0.15) is 10.9 Å². The Balaban J connectivity index is 1.76. The molecule has 0 unspecified atom stereocenters. The Morgan fingerprint density at radius 1 is 1.19 bits per heavy atom. The lowest BCUT2D eigenvalue weighted by molar-refractivity contribution is -0.143. The first-order valence-electron chi connectivity index (χ1n) is 11.2. The molecule has 6 nitrogen and oxygen atoms in total. The van der Waals surface area contributed by atoms with Gasteiger partial charge < -0.3 is 14.2 Å². The average Bonchev–Trinajstić information content (AvgIpc) is 3.09. The lowest BCUT2D eigenvalue weighted by atomic mass is 10.1. The number of thiocarbonyl (C=S) groups is 1. The number of rotatable bonds is 11. The topological polar surface area (TPSA) is 65.1 Å². The molecule has 1 saturated heterocycles. The molecular weight excluding hydrogens is 609 g/mol. The number of benzene rings is 2. The van der Waals surface area contributed by atoms with Crippen molar-refractivity contribution in [1.82, 2.24) is 4.90 Å². The highest BCUT2D eigenvalue weighted by molar-refractivity contribution is 9.10. The lowest BCUT2D eigenvalue weighted by Gasteiger charge is -2.15. The van der Waals surface area contributed by atoms with Gasteiger partial charge in [0.25, 0.3) is 5.91 Å². The number of nitrogens with zero attached hydrogens (tertiary/aromatic N) is 1. The molecular formula is C25H24BrCl2NO5S2. The number of amides is 1. The predicted molar refractivity (Wildman–Crippen MR) is 152 cm³/mol. The first-order chi connectivity index (χ1) is 17.2. The van der Waals surface area contributed by atoms with E-state index in [0.29, 0.717) is 48.5 Å². The summed E-state index contributed by atoms with van der Waals surface area (Å²) in [5.74, 6) is 0.422. The molecule has 2 aromatic carbocycles. The predicted octanol–water partition coefficient (Wildman–Crippen LogP) is 7.28. The highest BCUT2D eigenvalue weighted by atomic mass is 79.9. The molecule has 0 bridgehead atoms. The molecule has 36 heavy (non-hydrogen) atoms. The summed E-state index contributed by atoms with van der Waals surface area (Å²) in [6.45, 7) is 4.97. The summed E-state index contributed by atoms with van der Waals surface area (Å²) in [7, 11) is 0. The van der Waals surface area contributed by atoms with Crippen LogP contribution in [-0.2, 0) is 20.9 Å². The first kappa shape index (κ1) is 28.8. The molecule has 1 heterocycles. The molecule has 0 radical (unpaired) electrons. The minimum absolute atomic E-state index is 0.0867. The summed E-state index contributed by atoms with van der Waals surface area (Å²) in [6, 6.07) is 8.84. The van der Waals surface area contributed by atoms with Crippen LogP contribution in [0.2, 0.25) is 10.0 Å². The third-order valence-corrected chi connectivity index (χ3v) is 7.45. The number of hydrogen-bond acceptors (Lipinski definition) is 7. The molecule has 0 saturated carbocycles. The van der Waals surface area contributed by atoms with Crippen LogP contribution in [0.1, 0.15) is 37.8 Å². The maximum Gasteiger partial charge on any atom is 0.307 e. The number of hydrogen-bond donors (Lipinski definition) is 0. The van der Waals surface area contributed by atoms with Crippen molar-refractivity contribution in [1.29, 1.82) is 0 Å². The number of carbonyl (C=O) groups excluding carboxylic acids is 2. The fourth-order valence-corrected chi connectivity index (χ4v) is 5.54. The first-order valence-corrected chi connectivity index (χ1v) is 13.9. The van der Waals surface area contributed by atoms with Crippen molar-refractivity contribution in [3.63, 3.8) is 0 Å². The van der Waals surface area contributed by atoms with Gasteiger partial charge in [0, 0.05) is 22.2 Å². The van der Waals surface area contributed by atoms with Crippen molar-refractivity contribution in [2.75, 3.05) is 19.8 Å². The summed E-state index contributed by atoms with van der Waals surface area (Å²) in [6.07, 6.45) is 2.57. The summed E-state index contributed by atoms with van der Waals surface area (Å²) >= 11 is 22.4. The van der Waals surface area contributed by atoms with Crippen LogP contribution in [0.25, 0.3) is 6.08 Å². The van der Waals surface area contributed by atoms with Gasteiger partial charge in [0.15, 0.2) is 11.5 Å². The molecule has 0 aliphatic carbocycles. The van der Waals surface area contributed by atoms with Gasteiger partial charge in [-0.2, -0.15) is 0 Å². The quantitative estimate of drug-likeness (QED) is 0.147. The zero-order chi connectivity index (χ0) is 26.2. The van der Waals surface area contributed by atoms with Crippen molar-refractivity contribution in [2.45, 2.75) is 33.3 Å². The van der Waals surface area contributed by atoms with Gasteiger partial charge >= 0.3 is 5.97 Å². The Hall–Kier alpha value is -1.78. The second kappa shape index (κ2) is 13.7. The van der Waals surface area contributed by atoms with E-state index in [1.165, 1.54) is 16.7 Å². The SMILES string of the molecule is CCCOC(=O)CCN1C(=O)/C(=C/c2cc(Br)c(OCc3ccc(Cl)cc3Cl)c(OCC)c2)SC1=S. The van der Waals surface area contributed by atoms with Crippen molar-refractivity contribution < 1.29 is 23.8 Å². The second-order valence-corrected chi connectivity index (χ2v) is 11.0. The highest BCUT2D eigenvalue weighted by Crippen LogP contribution is 2.40.